The van der Waals surface area contributed by atoms with Crippen molar-refractivity contribution in [3.05, 3.63) is 0 Å². The lowest BCUT2D eigenvalue weighted by molar-refractivity contribution is -0.292. The van der Waals surface area contributed by atoms with Crippen molar-refractivity contribution in [2.45, 2.75) is 96.6 Å². The largest absolute Gasteiger partial charge is 0.389 e. The number of hydrogen-bond acceptors (Lipinski definition) is 4. The van der Waals surface area contributed by atoms with Crippen LogP contribution in [0.1, 0.15) is 79.6 Å². The zero-order valence-corrected chi connectivity index (χ0v) is 20.6. The molecule has 4 heteroatoms. The molecule has 7 fully saturated rings. The summed E-state index contributed by atoms with van der Waals surface area (Å²) < 4.78 is 18.5. The van der Waals surface area contributed by atoms with Gasteiger partial charge in [-0.25, -0.2) is 0 Å². The van der Waals surface area contributed by atoms with E-state index in [9.17, 15) is 5.11 Å². The Hall–Kier alpha value is -0.160. The Labute approximate surface area is 188 Å². The van der Waals surface area contributed by atoms with Crippen molar-refractivity contribution in [1.82, 2.24) is 0 Å². The first-order valence-electron chi connectivity index (χ1n) is 13.3. The summed E-state index contributed by atoms with van der Waals surface area (Å²) in [7, 11) is 1.96. The predicted octanol–water partition coefficient (Wildman–Crippen LogP) is 5.03. The first-order valence-corrected chi connectivity index (χ1v) is 13.3. The first kappa shape index (κ1) is 21.4. The van der Waals surface area contributed by atoms with Gasteiger partial charge in [0.05, 0.1) is 24.4 Å². The summed E-state index contributed by atoms with van der Waals surface area (Å²) in [4.78, 5) is 0. The number of ether oxygens (including phenoxy) is 3. The van der Waals surface area contributed by atoms with Gasteiger partial charge in [0.2, 0.25) is 0 Å². The Balaban J connectivity index is 0.000000902. The molecule has 6 saturated carbocycles. The third-order valence-electron chi connectivity index (χ3n) is 12.3. The Morgan fingerprint density at radius 1 is 0.839 bits per heavy atom. The van der Waals surface area contributed by atoms with Crippen LogP contribution in [-0.2, 0) is 14.2 Å². The zero-order valence-electron chi connectivity index (χ0n) is 20.6. The van der Waals surface area contributed by atoms with Crippen LogP contribution >= 0.6 is 0 Å². The zero-order chi connectivity index (χ0) is 22.0. The van der Waals surface area contributed by atoms with Gasteiger partial charge in [0.1, 0.15) is 0 Å². The van der Waals surface area contributed by atoms with E-state index in [0.29, 0.717) is 42.8 Å². The van der Waals surface area contributed by atoms with Crippen molar-refractivity contribution in [1.29, 1.82) is 0 Å². The lowest BCUT2D eigenvalue weighted by Gasteiger charge is -2.65. The lowest BCUT2D eigenvalue weighted by atomic mass is 9.42. The SMILES string of the molecule is CC.COC1(C)C2CC2C2C3C4CC4C4(O)CC5(CCC4(C)C3CCC21C)OCCO5. The normalized spacial score (nSPS) is 61.8. The smallest absolute Gasteiger partial charge is 0.171 e. The molecule has 1 aliphatic heterocycles. The van der Waals surface area contributed by atoms with Gasteiger partial charge in [-0.1, -0.05) is 27.7 Å². The fourth-order valence-electron chi connectivity index (χ4n) is 10.5. The molecule has 11 unspecified atom stereocenters. The third kappa shape index (κ3) is 2.27. The van der Waals surface area contributed by atoms with Crippen molar-refractivity contribution in [2.75, 3.05) is 20.3 Å². The third-order valence-corrected chi connectivity index (χ3v) is 12.3. The van der Waals surface area contributed by atoms with Gasteiger partial charge in [0.15, 0.2) is 5.79 Å². The summed E-state index contributed by atoms with van der Waals surface area (Å²) in [6, 6.07) is 0. The van der Waals surface area contributed by atoms with E-state index in [1.54, 1.807) is 0 Å². The molecule has 6 aliphatic carbocycles. The summed E-state index contributed by atoms with van der Waals surface area (Å²) in [6.45, 7) is 12.8. The molecule has 0 aromatic carbocycles. The van der Waals surface area contributed by atoms with Gasteiger partial charge in [-0.3, -0.25) is 0 Å². The van der Waals surface area contributed by atoms with Crippen LogP contribution in [-0.4, -0.2) is 42.4 Å². The molecule has 7 rings (SSSR count). The average Bonchev–Trinajstić information content (AvgIpc) is 3.67. The van der Waals surface area contributed by atoms with E-state index < -0.39 is 11.4 Å². The highest BCUT2D eigenvalue weighted by Gasteiger charge is 2.81. The molecule has 176 valence electrons. The fraction of sp³-hybridized carbons (Fsp3) is 1.00. The van der Waals surface area contributed by atoms with Crippen molar-refractivity contribution < 1.29 is 19.3 Å². The van der Waals surface area contributed by atoms with Crippen LogP contribution in [0.3, 0.4) is 0 Å². The molecular weight excluding hydrogens is 388 g/mol. The van der Waals surface area contributed by atoms with Crippen LogP contribution in [0.15, 0.2) is 0 Å². The van der Waals surface area contributed by atoms with Gasteiger partial charge >= 0.3 is 0 Å². The van der Waals surface area contributed by atoms with Gasteiger partial charge in [0, 0.05) is 25.4 Å². The summed E-state index contributed by atoms with van der Waals surface area (Å²) in [5.74, 6) is 4.52. The van der Waals surface area contributed by atoms with Gasteiger partial charge in [-0.2, -0.15) is 0 Å². The van der Waals surface area contributed by atoms with E-state index in [2.05, 4.69) is 20.8 Å². The first-order chi connectivity index (χ1) is 14.7. The molecule has 1 saturated heterocycles. The fourth-order valence-corrected chi connectivity index (χ4v) is 10.5. The second-order valence-electron chi connectivity index (χ2n) is 12.6. The lowest BCUT2D eigenvalue weighted by Crippen LogP contribution is -2.67. The number of methoxy groups -OCH3 is 1. The van der Waals surface area contributed by atoms with E-state index >= 15 is 0 Å². The molecule has 4 nitrogen and oxygen atoms in total. The Morgan fingerprint density at radius 3 is 2.19 bits per heavy atom. The number of fused-ring (bicyclic) bond motifs is 10. The van der Waals surface area contributed by atoms with Crippen molar-refractivity contribution in [3.8, 4) is 0 Å². The van der Waals surface area contributed by atoms with E-state index in [1.165, 1.54) is 25.7 Å². The van der Waals surface area contributed by atoms with Crippen LogP contribution in [0.5, 0.6) is 0 Å². The molecule has 0 bridgehead atoms. The Bertz CT molecular complexity index is 762. The summed E-state index contributed by atoms with van der Waals surface area (Å²) in [5, 5.41) is 12.3. The average molecular weight is 433 g/mol. The molecule has 0 aromatic rings. The molecule has 1 N–H and O–H groups in total. The molecular formula is C27H44O4. The minimum absolute atomic E-state index is 0.00761. The number of hydrogen-bond donors (Lipinski definition) is 1. The predicted molar refractivity (Wildman–Crippen MR) is 119 cm³/mol. The maximum absolute atomic E-state index is 12.3. The van der Waals surface area contributed by atoms with Crippen molar-refractivity contribution in [2.24, 2.45) is 52.3 Å². The van der Waals surface area contributed by atoms with Crippen molar-refractivity contribution >= 4 is 0 Å². The summed E-state index contributed by atoms with van der Waals surface area (Å²) >= 11 is 0. The highest BCUT2D eigenvalue weighted by molar-refractivity contribution is 5.29. The van der Waals surface area contributed by atoms with Gasteiger partial charge < -0.3 is 19.3 Å². The Kier molecular flexibility index (Phi) is 4.33. The molecule has 7 aliphatic rings. The quantitative estimate of drug-likeness (QED) is 0.631. The van der Waals surface area contributed by atoms with Crippen molar-refractivity contribution in [3.63, 3.8) is 0 Å². The van der Waals surface area contributed by atoms with Gasteiger partial charge in [0.25, 0.3) is 0 Å². The second kappa shape index (κ2) is 6.29. The molecule has 0 aromatic heterocycles. The number of rotatable bonds is 1. The highest BCUT2D eigenvalue weighted by Crippen LogP contribution is 2.82. The Morgan fingerprint density at radius 2 is 1.52 bits per heavy atom. The molecule has 0 radical (unpaired) electrons. The van der Waals surface area contributed by atoms with Crippen LogP contribution in [0.4, 0.5) is 0 Å². The summed E-state index contributed by atoms with van der Waals surface area (Å²) in [5.41, 5.74) is -0.244. The van der Waals surface area contributed by atoms with E-state index in [1.807, 2.05) is 21.0 Å². The van der Waals surface area contributed by atoms with E-state index in [0.717, 1.165) is 36.5 Å². The van der Waals surface area contributed by atoms with E-state index in [4.69, 9.17) is 14.2 Å². The minimum Gasteiger partial charge on any atom is -0.389 e. The molecule has 31 heavy (non-hydrogen) atoms. The highest BCUT2D eigenvalue weighted by atomic mass is 16.7. The monoisotopic (exact) mass is 432 g/mol. The molecule has 1 spiro atoms. The minimum atomic E-state index is -0.610. The number of aliphatic hydroxyl groups is 1. The second-order valence-corrected chi connectivity index (χ2v) is 12.6. The van der Waals surface area contributed by atoms with E-state index in [-0.39, 0.29) is 11.0 Å². The van der Waals surface area contributed by atoms with Crippen LogP contribution in [0.2, 0.25) is 0 Å². The maximum Gasteiger partial charge on any atom is 0.171 e. The molecule has 1 heterocycles. The molecule has 11 atom stereocenters. The van der Waals surface area contributed by atoms with Crippen LogP contribution in [0.25, 0.3) is 0 Å². The van der Waals surface area contributed by atoms with Crippen LogP contribution in [0, 0.1) is 52.3 Å². The topological polar surface area (TPSA) is 47.9 Å². The van der Waals surface area contributed by atoms with Gasteiger partial charge in [-0.05, 0) is 85.9 Å². The summed E-state index contributed by atoms with van der Waals surface area (Å²) in [6.07, 6.45) is 7.81. The van der Waals surface area contributed by atoms with Crippen LogP contribution < -0.4 is 0 Å². The van der Waals surface area contributed by atoms with Gasteiger partial charge in [-0.15, -0.1) is 0 Å². The maximum atomic E-state index is 12.3. The standard InChI is InChI=1S/C25H38O4.C2H6/c1-21-7-8-24(28-9-10-29-24)13-25(21,26)18-11-14(18)19-16(21)5-6-22(2)20(19)15-12-17(15)23(22,3)27-4;1-2/h14-20,26H,5-13H2,1-4H3;1-2H3. The molecule has 0 amide bonds.